The van der Waals surface area contributed by atoms with Crippen LogP contribution in [-0.2, 0) is 9.47 Å². The van der Waals surface area contributed by atoms with Gasteiger partial charge in [-0.3, -0.25) is 0 Å². The van der Waals surface area contributed by atoms with Crippen molar-refractivity contribution in [1.29, 1.82) is 0 Å². The molecule has 0 aliphatic heterocycles. The van der Waals surface area contributed by atoms with Gasteiger partial charge in [0.15, 0.2) is 0 Å². The summed E-state index contributed by atoms with van der Waals surface area (Å²) in [4.78, 5) is 27.0. The van der Waals surface area contributed by atoms with Crippen molar-refractivity contribution < 1.29 is 19.1 Å². The molecule has 0 spiro atoms. The fourth-order valence-corrected chi connectivity index (χ4v) is 1.81. The highest BCUT2D eigenvalue weighted by molar-refractivity contribution is 5.91. The molecule has 0 aromatic carbocycles. The van der Waals surface area contributed by atoms with Crippen molar-refractivity contribution >= 4 is 12.1 Å². The van der Waals surface area contributed by atoms with E-state index in [1.807, 2.05) is 0 Å². The Balaban J connectivity index is 2.80. The maximum Gasteiger partial charge on any atom is 0.408 e. The number of alkyl carbamates (subject to hydrolysis) is 1. The summed E-state index contributed by atoms with van der Waals surface area (Å²) in [7, 11) is 0. The maximum atomic E-state index is 12.2. The molecule has 0 radical (unpaired) electrons. The Kier molecular flexibility index (Phi) is 5.27. The lowest BCUT2D eigenvalue weighted by Gasteiger charge is -2.23. The van der Waals surface area contributed by atoms with E-state index in [2.05, 4.69) is 10.3 Å². The summed E-state index contributed by atoms with van der Waals surface area (Å²) in [6.07, 6.45) is 1.10. The van der Waals surface area contributed by atoms with E-state index in [1.165, 1.54) is 0 Å². The molecule has 0 saturated heterocycles. The predicted molar refractivity (Wildman–Crippen MR) is 83.7 cm³/mol. The summed E-state index contributed by atoms with van der Waals surface area (Å²) in [5.74, 6) is -0.429. The highest BCUT2D eigenvalue weighted by Crippen LogP contribution is 2.20. The average Bonchev–Trinajstić information content (AvgIpc) is 2.71. The number of esters is 1. The van der Waals surface area contributed by atoms with Gasteiger partial charge < -0.3 is 19.8 Å². The molecular formula is C16H26N2O4. The topological polar surface area (TPSA) is 80.4 Å². The second-order valence-electron chi connectivity index (χ2n) is 7.17. The van der Waals surface area contributed by atoms with Crippen molar-refractivity contribution in [2.75, 3.05) is 0 Å². The van der Waals surface area contributed by atoms with Crippen LogP contribution in [0.5, 0.6) is 0 Å². The predicted octanol–water partition coefficient (Wildman–Crippen LogP) is 3.56. The molecule has 1 aromatic rings. The minimum Gasteiger partial charge on any atom is -0.456 e. The van der Waals surface area contributed by atoms with E-state index >= 15 is 0 Å². The molecular weight excluding hydrogens is 284 g/mol. The van der Waals surface area contributed by atoms with Crippen LogP contribution in [-0.4, -0.2) is 28.2 Å². The Morgan fingerprint density at radius 2 is 1.64 bits per heavy atom. The number of H-pyrrole nitrogens is 1. The second-order valence-corrected chi connectivity index (χ2v) is 7.17. The Labute approximate surface area is 131 Å². The van der Waals surface area contributed by atoms with Gasteiger partial charge in [-0.2, -0.15) is 0 Å². The standard InChI is InChI=1S/C16H26N2O4/c1-10(18-14(20)22-16(5,6)7)12-11(8-9-17-12)13(19)21-15(2,3)4/h8-10,17H,1-7H3,(H,18,20)/t10-/m1/s1. The van der Waals surface area contributed by atoms with Crippen molar-refractivity contribution in [3.63, 3.8) is 0 Å². The molecule has 1 rings (SSSR count). The molecule has 1 atom stereocenters. The van der Waals surface area contributed by atoms with Gasteiger partial charge in [0.2, 0.25) is 0 Å². The Hall–Kier alpha value is -1.98. The van der Waals surface area contributed by atoms with Gasteiger partial charge >= 0.3 is 12.1 Å². The van der Waals surface area contributed by atoms with Crippen LogP contribution < -0.4 is 5.32 Å². The van der Waals surface area contributed by atoms with Crippen LogP contribution in [0, 0.1) is 0 Å². The lowest BCUT2D eigenvalue weighted by Crippen LogP contribution is -2.34. The van der Waals surface area contributed by atoms with Crippen molar-refractivity contribution in [2.24, 2.45) is 0 Å². The third-order valence-corrected chi connectivity index (χ3v) is 2.56. The molecule has 1 heterocycles. The summed E-state index contributed by atoms with van der Waals surface area (Å²) in [6, 6.07) is 1.23. The van der Waals surface area contributed by atoms with Crippen molar-refractivity contribution in [1.82, 2.24) is 10.3 Å². The molecule has 0 unspecified atom stereocenters. The summed E-state index contributed by atoms with van der Waals surface area (Å²) in [5.41, 5.74) is -0.167. The van der Waals surface area contributed by atoms with Crippen molar-refractivity contribution in [3.05, 3.63) is 23.5 Å². The first-order valence-corrected chi connectivity index (χ1v) is 7.29. The number of carbonyl (C=O) groups is 2. The van der Waals surface area contributed by atoms with Gasteiger partial charge in [0.25, 0.3) is 0 Å². The minimum absolute atomic E-state index is 0.401. The zero-order valence-electron chi connectivity index (χ0n) is 14.4. The fourth-order valence-electron chi connectivity index (χ4n) is 1.81. The van der Waals surface area contributed by atoms with E-state index in [4.69, 9.17) is 9.47 Å². The average molecular weight is 310 g/mol. The van der Waals surface area contributed by atoms with Crippen LogP contribution >= 0.6 is 0 Å². The molecule has 6 nitrogen and oxygen atoms in total. The zero-order chi connectivity index (χ0) is 17.1. The SMILES string of the molecule is C[C@@H](NC(=O)OC(C)(C)C)c1[nH]ccc1C(=O)OC(C)(C)C. The van der Waals surface area contributed by atoms with Gasteiger partial charge in [0.1, 0.15) is 11.2 Å². The lowest BCUT2D eigenvalue weighted by molar-refractivity contribution is 0.00665. The summed E-state index contributed by atoms with van der Waals surface area (Å²) < 4.78 is 10.6. The third kappa shape index (κ3) is 5.79. The summed E-state index contributed by atoms with van der Waals surface area (Å²) >= 11 is 0. The molecule has 1 aromatic heterocycles. The molecule has 6 heteroatoms. The summed E-state index contributed by atoms with van der Waals surface area (Å²) in [6.45, 7) is 12.6. The first kappa shape index (κ1) is 18.1. The number of hydrogen-bond donors (Lipinski definition) is 2. The van der Waals surface area contributed by atoms with Gasteiger partial charge in [0.05, 0.1) is 17.3 Å². The number of nitrogens with one attached hydrogen (secondary N) is 2. The number of hydrogen-bond acceptors (Lipinski definition) is 4. The quantitative estimate of drug-likeness (QED) is 0.837. The number of aromatic nitrogens is 1. The molecule has 0 saturated carbocycles. The molecule has 0 bridgehead atoms. The van der Waals surface area contributed by atoms with Crippen LogP contribution in [0.15, 0.2) is 12.3 Å². The van der Waals surface area contributed by atoms with Crippen LogP contribution in [0.25, 0.3) is 0 Å². The minimum atomic E-state index is -0.576. The Bertz CT molecular complexity index is 535. The van der Waals surface area contributed by atoms with Crippen molar-refractivity contribution in [2.45, 2.75) is 65.7 Å². The van der Waals surface area contributed by atoms with E-state index in [9.17, 15) is 9.59 Å². The van der Waals surface area contributed by atoms with Crippen LogP contribution in [0.1, 0.15) is 70.6 Å². The monoisotopic (exact) mass is 310 g/mol. The first-order chi connectivity index (χ1) is 9.89. The van der Waals surface area contributed by atoms with E-state index in [1.54, 1.807) is 60.7 Å². The Morgan fingerprint density at radius 1 is 1.09 bits per heavy atom. The van der Waals surface area contributed by atoms with E-state index < -0.39 is 29.3 Å². The van der Waals surface area contributed by atoms with Gasteiger partial charge in [-0.05, 0) is 54.5 Å². The van der Waals surface area contributed by atoms with Crippen molar-refractivity contribution in [3.8, 4) is 0 Å². The Morgan fingerprint density at radius 3 is 2.14 bits per heavy atom. The highest BCUT2D eigenvalue weighted by atomic mass is 16.6. The number of aromatic amines is 1. The molecule has 22 heavy (non-hydrogen) atoms. The molecule has 2 N–H and O–H groups in total. The summed E-state index contributed by atoms with van der Waals surface area (Å²) in [5, 5.41) is 2.70. The van der Waals surface area contributed by atoms with Crippen LogP contribution in [0.3, 0.4) is 0 Å². The largest absolute Gasteiger partial charge is 0.456 e. The number of carbonyl (C=O) groups excluding carboxylic acids is 2. The van der Waals surface area contributed by atoms with E-state index in [-0.39, 0.29) is 0 Å². The van der Waals surface area contributed by atoms with Gasteiger partial charge in [-0.15, -0.1) is 0 Å². The maximum absolute atomic E-state index is 12.2. The van der Waals surface area contributed by atoms with Gasteiger partial charge in [-0.25, -0.2) is 9.59 Å². The molecule has 0 aliphatic rings. The van der Waals surface area contributed by atoms with E-state index in [0.717, 1.165) is 0 Å². The second kappa shape index (κ2) is 6.42. The fraction of sp³-hybridized carbons (Fsp3) is 0.625. The molecule has 1 amide bonds. The number of amides is 1. The zero-order valence-corrected chi connectivity index (χ0v) is 14.4. The smallest absolute Gasteiger partial charge is 0.408 e. The van der Waals surface area contributed by atoms with E-state index in [0.29, 0.717) is 11.3 Å². The van der Waals surface area contributed by atoms with Gasteiger partial charge in [0, 0.05) is 6.20 Å². The number of rotatable bonds is 3. The molecule has 0 aliphatic carbocycles. The number of ether oxygens (including phenoxy) is 2. The normalized spacial score (nSPS) is 13.4. The molecule has 124 valence electrons. The highest BCUT2D eigenvalue weighted by Gasteiger charge is 2.25. The van der Waals surface area contributed by atoms with Crippen LogP contribution in [0.4, 0.5) is 4.79 Å². The first-order valence-electron chi connectivity index (χ1n) is 7.29. The van der Waals surface area contributed by atoms with Gasteiger partial charge in [-0.1, -0.05) is 0 Å². The lowest BCUT2D eigenvalue weighted by atomic mass is 10.1. The molecule has 0 fully saturated rings. The third-order valence-electron chi connectivity index (χ3n) is 2.56. The van der Waals surface area contributed by atoms with Crippen LogP contribution in [0.2, 0.25) is 0 Å².